The molecule has 108 valence electrons. The summed E-state index contributed by atoms with van der Waals surface area (Å²) in [5, 5.41) is 15.6. The molecule has 0 unspecified atom stereocenters. The van der Waals surface area contributed by atoms with Crippen LogP contribution in [0.25, 0.3) is 0 Å². The molecule has 0 heterocycles. The average Bonchev–Trinajstić information content (AvgIpc) is 2.35. The first-order valence-electron chi connectivity index (χ1n) is 5.04. The summed E-state index contributed by atoms with van der Waals surface area (Å²) < 4.78 is 37.1. The highest BCUT2D eigenvalue weighted by atomic mass is 32.2. The number of ether oxygens (including phenoxy) is 1. The molecule has 0 aliphatic rings. The standard InChI is InChI=1S/C9H12O2S.C2HF3O2/c10-6-7-12-8-11-9-4-2-1-3-5-9;3-2(4,5)1(6)7/h1-5,10H,6-8H2;(H,6,7). The lowest BCUT2D eigenvalue weighted by molar-refractivity contribution is -0.192. The summed E-state index contributed by atoms with van der Waals surface area (Å²) in [4.78, 5) is 8.90. The van der Waals surface area contributed by atoms with Crippen LogP contribution in [0.4, 0.5) is 13.2 Å². The number of para-hydroxylation sites is 1. The van der Waals surface area contributed by atoms with Crippen molar-refractivity contribution in [3.05, 3.63) is 30.3 Å². The zero-order valence-corrected chi connectivity index (χ0v) is 10.6. The smallest absolute Gasteiger partial charge is 0.483 e. The first kappa shape index (κ1) is 17.6. The Hall–Kier alpha value is -1.41. The van der Waals surface area contributed by atoms with Crippen LogP contribution >= 0.6 is 11.8 Å². The number of thioether (sulfide) groups is 1. The molecule has 2 N–H and O–H groups in total. The highest BCUT2D eigenvalue weighted by molar-refractivity contribution is 7.99. The number of aliphatic hydroxyl groups is 1. The fourth-order valence-corrected chi connectivity index (χ4v) is 1.22. The number of hydrogen-bond acceptors (Lipinski definition) is 4. The Bertz CT molecular complexity index is 357. The van der Waals surface area contributed by atoms with Gasteiger partial charge in [-0.25, -0.2) is 4.79 Å². The number of rotatable bonds is 5. The number of aliphatic carboxylic acids is 1. The zero-order valence-electron chi connectivity index (χ0n) is 9.76. The molecular formula is C11H13F3O4S. The Kier molecular flexibility index (Phi) is 8.81. The van der Waals surface area contributed by atoms with Crippen molar-refractivity contribution >= 4 is 17.7 Å². The normalized spacial score (nSPS) is 10.3. The van der Waals surface area contributed by atoms with Crippen LogP contribution in [0.2, 0.25) is 0 Å². The van der Waals surface area contributed by atoms with Crippen LogP contribution in [0.3, 0.4) is 0 Å². The summed E-state index contributed by atoms with van der Waals surface area (Å²) in [5.74, 6) is -0.548. The first-order chi connectivity index (χ1) is 8.88. The highest BCUT2D eigenvalue weighted by Crippen LogP contribution is 2.13. The van der Waals surface area contributed by atoms with Gasteiger partial charge in [-0.2, -0.15) is 13.2 Å². The van der Waals surface area contributed by atoms with Crippen LogP contribution in [0.1, 0.15) is 0 Å². The predicted molar refractivity (Wildman–Crippen MR) is 65.2 cm³/mol. The summed E-state index contributed by atoms with van der Waals surface area (Å²) in [5.41, 5.74) is 0. The molecule has 0 aliphatic carbocycles. The summed E-state index contributed by atoms with van der Waals surface area (Å²) in [6, 6.07) is 9.66. The van der Waals surface area contributed by atoms with E-state index in [0.717, 1.165) is 11.5 Å². The zero-order chi connectivity index (χ0) is 14.7. The number of carboxylic acid groups (broad SMARTS) is 1. The van der Waals surface area contributed by atoms with E-state index in [1.165, 1.54) is 0 Å². The van der Waals surface area contributed by atoms with Crippen molar-refractivity contribution in [1.82, 2.24) is 0 Å². The maximum absolute atomic E-state index is 10.6. The lowest BCUT2D eigenvalue weighted by Crippen LogP contribution is -2.21. The van der Waals surface area contributed by atoms with E-state index < -0.39 is 12.1 Å². The van der Waals surface area contributed by atoms with Gasteiger partial charge in [-0.1, -0.05) is 18.2 Å². The van der Waals surface area contributed by atoms with Gasteiger partial charge >= 0.3 is 12.1 Å². The van der Waals surface area contributed by atoms with Gasteiger partial charge in [0.2, 0.25) is 0 Å². The fraction of sp³-hybridized carbons (Fsp3) is 0.364. The van der Waals surface area contributed by atoms with E-state index in [9.17, 15) is 13.2 Å². The molecule has 0 atom stereocenters. The van der Waals surface area contributed by atoms with Crippen LogP contribution < -0.4 is 4.74 Å². The molecule has 0 amide bonds. The molecule has 0 aliphatic heterocycles. The van der Waals surface area contributed by atoms with E-state index in [2.05, 4.69) is 0 Å². The first-order valence-corrected chi connectivity index (χ1v) is 6.20. The van der Waals surface area contributed by atoms with Crippen molar-refractivity contribution in [3.8, 4) is 5.75 Å². The maximum Gasteiger partial charge on any atom is 0.490 e. The molecule has 0 radical (unpaired) electrons. The van der Waals surface area contributed by atoms with Gasteiger partial charge in [0.15, 0.2) is 0 Å². The quantitative estimate of drug-likeness (QED) is 0.645. The molecule has 0 saturated heterocycles. The Morgan fingerprint density at radius 1 is 1.26 bits per heavy atom. The third-order valence-corrected chi connectivity index (χ3v) is 2.29. The molecule has 0 spiro atoms. The SMILES string of the molecule is O=C(O)C(F)(F)F.OCCSCOc1ccccc1. The Morgan fingerprint density at radius 3 is 2.21 bits per heavy atom. The van der Waals surface area contributed by atoms with Crippen LogP contribution in [-0.2, 0) is 4.79 Å². The van der Waals surface area contributed by atoms with E-state index in [1.54, 1.807) is 11.8 Å². The van der Waals surface area contributed by atoms with Crippen molar-refractivity contribution in [1.29, 1.82) is 0 Å². The number of halogens is 3. The van der Waals surface area contributed by atoms with Gasteiger partial charge in [0.05, 0.1) is 6.61 Å². The largest absolute Gasteiger partial charge is 0.490 e. The molecule has 0 aromatic heterocycles. The molecule has 1 rings (SSSR count). The lowest BCUT2D eigenvalue weighted by atomic mass is 10.3. The van der Waals surface area contributed by atoms with E-state index >= 15 is 0 Å². The van der Waals surface area contributed by atoms with Crippen LogP contribution in [0.15, 0.2) is 30.3 Å². The third-order valence-electron chi connectivity index (χ3n) is 1.53. The van der Waals surface area contributed by atoms with Crippen molar-refractivity contribution < 1.29 is 32.9 Å². The van der Waals surface area contributed by atoms with E-state index in [1.807, 2.05) is 30.3 Å². The van der Waals surface area contributed by atoms with Crippen LogP contribution in [-0.4, -0.2) is 40.7 Å². The minimum Gasteiger partial charge on any atom is -0.483 e. The second-order valence-corrected chi connectivity index (χ2v) is 4.06. The van der Waals surface area contributed by atoms with Gasteiger partial charge in [-0.3, -0.25) is 0 Å². The Labute approximate surface area is 112 Å². The molecule has 8 heteroatoms. The minimum absolute atomic E-state index is 0.211. The van der Waals surface area contributed by atoms with Crippen molar-refractivity contribution in [2.75, 3.05) is 18.3 Å². The molecule has 1 aromatic rings. The summed E-state index contributed by atoms with van der Waals surface area (Å²) in [6.07, 6.45) is -5.08. The molecule has 1 aromatic carbocycles. The molecule has 19 heavy (non-hydrogen) atoms. The predicted octanol–water partition coefficient (Wildman–Crippen LogP) is 2.38. The van der Waals surface area contributed by atoms with E-state index in [4.69, 9.17) is 19.7 Å². The summed E-state index contributed by atoms with van der Waals surface area (Å²) in [7, 11) is 0. The highest BCUT2D eigenvalue weighted by Gasteiger charge is 2.38. The second-order valence-electron chi connectivity index (χ2n) is 3.01. The van der Waals surface area contributed by atoms with Gasteiger partial charge in [0.1, 0.15) is 11.7 Å². The van der Waals surface area contributed by atoms with E-state index in [-0.39, 0.29) is 6.61 Å². The Balaban J connectivity index is 0.000000399. The topological polar surface area (TPSA) is 66.8 Å². The summed E-state index contributed by atoms with van der Waals surface area (Å²) in [6.45, 7) is 0.211. The van der Waals surface area contributed by atoms with Crippen molar-refractivity contribution in [2.24, 2.45) is 0 Å². The summed E-state index contributed by atoms with van der Waals surface area (Å²) >= 11 is 1.58. The van der Waals surface area contributed by atoms with Gasteiger partial charge in [0, 0.05) is 5.75 Å². The number of alkyl halides is 3. The van der Waals surface area contributed by atoms with Gasteiger partial charge in [-0.05, 0) is 12.1 Å². The van der Waals surface area contributed by atoms with E-state index in [0.29, 0.717) is 5.94 Å². The molecular weight excluding hydrogens is 285 g/mol. The lowest BCUT2D eigenvalue weighted by Gasteiger charge is -2.03. The number of carboxylic acids is 1. The average molecular weight is 298 g/mol. The van der Waals surface area contributed by atoms with Gasteiger partial charge in [0.25, 0.3) is 0 Å². The number of hydrogen-bond donors (Lipinski definition) is 2. The molecule has 4 nitrogen and oxygen atoms in total. The molecule has 0 saturated carbocycles. The fourth-order valence-electron chi connectivity index (χ4n) is 0.750. The van der Waals surface area contributed by atoms with Crippen LogP contribution in [0.5, 0.6) is 5.75 Å². The van der Waals surface area contributed by atoms with Crippen molar-refractivity contribution in [2.45, 2.75) is 6.18 Å². The third kappa shape index (κ3) is 10.2. The van der Waals surface area contributed by atoms with Crippen LogP contribution in [0, 0.1) is 0 Å². The second kappa shape index (κ2) is 9.51. The monoisotopic (exact) mass is 298 g/mol. The van der Waals surface area contributed by atoms with Gasteiger partial charge in [-0.15, -0.1) is 11.8 Å². The number of aliphatic hydroxyl groups excluding tert-OH is 1. The van der Waals surface area contributed by atoms with Gasteiger partial charge < -0.3 is 14.9 Å². The maximum atomic E-state index is 10.6. The minimum atomic E-state index is -5.08. The number of carbonyl (C=O) groups is 1. The molecule has 0 bridgehead atoms. The number of benzene rings is 1. The molecule has 0 fully saturated rings. The Morgan fingerprint density at radius 2 is 1.79 bits per heavy atom. The van der Waals surface area contributed by atoms with Crippen molar-refractivity contribution in [3.63, 3.8) is 0 Å².